The Kier molecular flexibility index (Phi) is 12.7. The van der Waals surface area contributed by atoms with Crippen LogP contribution in [-0.4, -0.2) is 24.4 Å². The maximum Gasteiger partial charge on any atom is 0.297 e. The van der Waals surface area contributed by atoms with E-state index in [1.807, 2.05) is 36.6 Å². The van der Waals surface area contributed by atoms with Crippen molar-refractivity contribution in [1.82, 2.24) is 4.57 Å². The highest BCUT2D eigenvalue weighted by molar-refractivity contribution is 5.89. The lowest BCUT2D eigenvalue weighted by molar-refractivity contribution is 0.222. The quantitative estimate of drug-likeness (QED) is 0.173. The van der Waals surface area contributed by atoms with E-state index in [0.29, 0.717) is 24.7 Å². The fourth-order valence-electron chi connectivity index (χ4n) is 4.22. The van der Waals surface area contributed by atoms with Crippen LogP contribution < -0.4 is 19.8 Å². The van der Waals surface area contributed by atoms with Crippen molar-refractivity contribution in [3.63, 3.8) is 0 Å². The molecule has 0 aliphatic carbocycles. The highest BCUT2D eigenvalue weighted by Gasteiger charge is 2.21. The lowest BCUT2D eigenvalue weighted by Gasteiger charge is -2.20. The molecule has 2 aromatic rings. The smallest absolute Gasteiger partial charge is 0.297 e. The Labute approximate surface area is 218 Å². The SMILES string of the molecule is CCCCCCCCn1c(=O)c(OC(C)C)c(OC/C=C(\C)CCC=C(C)C)c2ccc(OC)cc21. The van der Waals surface area contributed by atoms with E-state index in [0.717, 1.165) is 42.3 Å². The van der Waals surface area contributed by atoms with Crippen molar-refractivity contribution < 1.29 is 14.2 Å². The molecule has 200 valence electrons. The van der Waals surface area contributed by atoms with Crippen molar-refractivity contribution in [3.05, 3.63) is 51.9 Å². The summed E-state index contributed by atoms with van der Waals surface area (Å²) in [5.41, 5.74) is 3.28. The van der Waals surface area contributed by atoms with Crippen molar-refractivity contribution in [2.45, 2.75) is 106 Å². The van der Waals surface area contributed by atoms with Gasteiger partial charge in [0.05, 0.1) is 18.7 Å². The molecule has 0 bridgehead atoms. The fraction of sp³-hybridized carbons (Fsp3) is 0.581. The number of nitrogens with zero attached hydrogens (tertiary/aromatic N) is 1. The molecule has 1 aromatic carbocycles. The molecule has 0 unspecified atom stereocenters. The molecule has 5 nitrogen and oxygen atoms in total. The van der Waals surface area contributed by atoms with E-state index in [1.165, 1.54) is 36.8 Å². The first-order chi connectivity index (χ1) is 17.3. The van der Waals surface area contributed by atoms with Gasteiger partial charge in [-0.25, -0.2) is 0 Å². The average molecular weight is 498 g/mol. The Morgan fingerprint density at radius 2 is 1.72 bits per heavy atom. The predicted molar refractivity (Wildman–Crippen MR) is 152 cm³/mol. The van der Waals surface area contributed by atoms with Crippen LogP contribution >= 0.6 is 0 Å². The molecule has 0 fully saturated rings. The first-order valence-corrected chi connectivity index (χ1v) is 13.6. The Morgan fingerprint density at radius 3 is 2.39 bits per heavy atom. The summed E-state index contributed by atoms with van der Waals surface area (Å²) < 4.78 is 19.7. The van der Waals surface area contributed by atoms with E-state index in [-0.39, 0.29) is 11.7 Å². The summed E-state index contributed by atoms with van der Waals surface area (Å²) in [6, 6.07) is 5.81. The highest BCUT2D eigenvalue weighted by atomic mass is 16.5. The summed E-state index contributed by atoms with van der Waals surface area (Å²) in [6.45, 7) is 13.5. The van der Waals surface area contributed by atoms with Crippen LogP contribution in [0.5, 0.6) is 17.2 Å². The molecule has 0 aliphatic heterocycles. The molecular formula is C31H47NO4. The molecule has 1 heterocycles. The largest absolute Gasteiger partial charge is 0.497 e. The van der Waals surface area contributed by atoms with E-state index in [2.05, 4.69) is 39.8 Å². The van der Waals surface area contributed by atoms with E-state index in [9.17, 15) is 4.79 Å². The third-order valence-electron chi connectivity index (χ3n) is 6.23. The lowest BCUT2D eigenvalue weighted by atomic mass is 10.1. The topological polar surface area (TPSA) is 49.7 Å². The molecular weight excluding hydrogens is 450 g/mol. The monoisotopic (exact) mass is 497 g/mol. The van der Waals surface area contributed by atoms with E-state index in [4.69, 9.17) is 14.2 Å². The van der Waals surface area contributed by atoms with Gasteiger partial charge in [0.1, 0.15) is 12.4 Å². The van der Waals surface area contributed by atoms with Gasteiger partial charge in [-0.1, -0.05) is 56.3 Å². The first kappa shape index (κ1) is 29.5. The number of hydrogen-bond donors (Lipinski definition) is 0. The summed E-state index contributed by atoms with van der Waals surface area (Å²) in [7, 11) is 1.65. The van der Waals surface area contributed by atoms with Crippen molar-refractivity contribution in [2.75, 3.05) is 13.7 Å². The normalized spacial score (nSPS) is 11.7. The van der Waals surface area contributed by atoms with Crippen LogP contribution in [0.3, 0.4) is 0 Å². The molecule has 0 N–H and O–H groups in total. The molecule has 0 amide bonds. The summed E-state index contributed by atoms with van der Waals surface area (Å²) in [5.74, 6) is 1.53. The number of unbranched alkanes of at least 4 members (excludes halogenated alkanes) is 5. The number of aryl methyl sites for hydroxylation is 1. The number of benzene rings is 1. The van der Waals surface area contributed by atoms with Gasteiger partial charge in [0.15, 0.2) is 5.75 Å². The van der Waals surface area contributed by atoms with Crippen molar-refractivity contribution in [2.24, 2.45) is 0 Å². The van der Waals surface area contributed by atoms with Gasteiger partial charge < -0.3 is 18.8 Å². The van der Waals surface area contributed by atoms with Crippen molar-refractivity contribution in [3.8, 4) is 17.2 Å². The third kappa shape index (κ3) is 9.07. The van der Waals surface area contributed by atoms with E-state index in [1.54, 1.807) is 7.11 Å². The van der Waals surface area contributed by atoms with Gasteiger partial charge in [-0.15, -0.1) is 0 Å². The van der Waals surface area contributed by atoms with Gasteiger partial charge in [0.25, 0.3) is 5.56 Å². The zero-order valence-electron chi connectivity index (χ0n) is 23.6. The van der Waals surface area contributed by atoms with Gasteiger partial charge in [-0.2, -0.15) is 0 Å². The van der Waals surface area contributed by atoms with Gasteiger partial charge in [0.2, 0.25) is 5.75 Å². The zero-order chi connectivity index (χ0) is 26.5. The highest BCUT2D eigenvalue weighted by Crippen LogP contribution is 2.35. The lowest BCUT2D eigenvalue weighted by Crippen LogP contribution is -2.25. The molecule has 5 heteroatoms. The molecule has 2 rings (SSSR count). The number of fused-ring (bicyclic) bond motifs is 1. The van der Waals surface area contributed by atoms with Gasteiger partial charge in [-0.05, 0) is 72.1 Å². The molecule has 0 saturated heterocycles. The molecule has 1 aromatic heterocycles. The van der Waals surface area contributed by atoms with Crippen molar-refractivity contribution >= 4 is 10.9 Å². The number of methoxy groups -OCH3 is 1. The fourth-order valence-corrected chi connectivity index (χ4v) is 4.22. The molecule has 0 radical (unpaired) electrons. The Hall–Kier alpha value is -2.69. The maximum absolute atomic E-state index is 13.7. The van der Waals surface area contributed by atoms with Crippen LogP contribution in [0.25, 0.3) is 10.9 Å². The summed E-state index contributed by atoms with van der Waals surface area (Å²) >= 11 is 0. The zero-order valence-corrected chi connectivity index (χ0v) is 23.6. The van der Waals surface area contributed by atoms with Crippen LogP contribution in [-0.2, 0) is 6.54 Å². The Balaban J connectivity index is 2.40. The van der Waals surface area contributed by atoms with Crippen LogP contribution in [0.15, 0.2) is 46.3 Å². The Bertz CT molecular complexity index is 1070. The number of pyridine rings is 1. The molecule has 0 saturated carbocycles. The average Bonchev–Trinajstić information content (AvgIpc) is 2.83. The second-order valence-electron chi connectivity index (χ2n) is 10.1. The van der Waals surface area contributed by atoms with E-state index >= 15 is 0 Å². The Morgan fingerprint density at radius 1 is 1.00 bits per heavy atom. The third-order valence-corrected chi connectivity index (χ3v) is 6.23. The minimum atomic E-state index is -0.141. The first-order valence-electron chi connectivity index (χ1n) is 13.6. The van der Waals surface area contributed by atoms with Gasteiger partial charge in [0, 0.05) is 18.0 Å². The van der Waals surface area contributed by atoms with E-state index < -0.39 is 0 Å². The second kappa shape index (κ2) is 15.4. The number of hydrogen-bond acceptors (Lipinski definition) is 4. The van der Waals surface area contributed by atoms with Crippen LogP contribution in [0.4, 0.5) is 0 Å². The summed E-state index contributed by atoms with van der Waals surface area (Å²) in [5, 5.41) is 0.868. The predicted octanol–water partition coefficient (Wildman–Crippen LogP) is 8.23. The number of allylic oxidation sites excluding steroid dienone is 3. The number of ether oxygens (including phenoxy) is 3. The second-order valence-corrected chi connectivity index (χ2v) is 10.1. The number of aromatic nitrogens is 1. The molecule has 0 spiro atoms. The molecule has 0 atom stereocenters. The summed E-state index contributed by atoms with van der Waals surface area (Å²) in [4.78, 5) is 13.7. The van der Waals surface area contributed by atoms with Crippen LogP contribution in [0, 0.1) is 0 Å². The number of rotatable bonds is 16. The van der Waals surface area contributed by atoms with Crippen molar-refractivity contribution in [1.29, 1.82) is 0 Å². The van der Waals surface area contributed by atoms with Crippen LogP contribution in [0.1, 0.15) is 92.9 Å². The molecule has 0 aliphatic rings. The van der Waals surface area contributed by atoms with Gasteiger partial charge >= 0.3 is 0 Å². The van der Waals surface area contributed by atoms with Crippen LogP contribution in [0.2, 0.25) is 0 Å². The standard InChI is InChI=1S/C31H47NO4/c1-8-9-10-11-12-13-20-32-28-22-26(34-7)17-18-27(28)29(30(31(32)33)36-24(4)5)35-21-19-25(6)16-14-15-23(2)3/h15,17-19,22,24H,8-14,16,20-21H2,1-7H3/b25-19+. The minimum Gasteiger partial charge on any atom is -0.497 e. The minimum absolute atomic E-state index is 0.139. The maximum atomic E-state index is 13.7. The van der Waals surface area contributed by atoms with Gasteiger partial charge in [-0.3, -0.25) is 4.79 Å². The summed E-state index contributed by atoms with van der Waals surface area (Å²) in [6.07, 6.45) is 13.2. The molecule has 36 heavy (non-hydrogen) atoms.